The maximum atomic E-state index is 6.26. The molecule has 0 unspecified atom stereocenters. The molecular formula is C12H25NO. The predicted molar refractivity (Wildman–Crippen MR) is 60.2 cm³/mol. The highest BCUT2D eigenvalue weighted by molar-refractivity contribution is 5.09. The Balaban J connectivity index is 3.16. The van der Waals surface area contributed by atoms with Gasteiger partial charge in [0.05, 0.1) is 5.60 Å². The number of nitrogens with two attached hydrogens (primary N) is 1. The minimum atomic E-state index is -0.194. The van der Waals surface area contributed by atoms with Crippen LogP contribution in [0.5, 0.6) is 0 Å². The molecule has 2 heteroatoms. The molecule has 0 aromatic carbocycles. The van der Waals surface area contributed by atoms with Crippen LogP contribution in [0.15, 0.2) is 0 Å². The van der Waals surface area contributed by atoms with E-state index in [1.165, 1.54) is 0 Å². The lowest BCUT2D eigenvalue weighted by molar-refractivity contribution is -0.155. The Bertz CT molecular complexity index is 195. The van der Waals surface area contributed by atoms with Crippen LogP contribution in [-0.2, 0) is 4.74 Å². The number of ether oxygens (including phenoxy) is 1. The Morgan fingerprint density at radius 3 is 1.64 bits per heavy atom. The fourth-order valence-electron chi connectivity index (χ4n) is 3.33. The zero-order valence-electron chi connectivity index (χ0n) is 10.5. The smallest absolute Gasteiger partial charge is 0.0929 e. The molecule has 0 aliphatic carbocycles. The van der Waals surface area contributed by atoms with E-state index in [4.69, 9.17) is 10.5 Å². The highest BCUT2D eigenvalue weighted by Crippen LogP contribution is 2.51. The van der Waals surface area contributed by atoms with Crippen LogP contribution in [0.1, 0.15) is 48.0 Å². The molecule has 1 saturated heterocycles. The van der Waals surface area contributed by atoms with Gasteiger partial charge in [-0.1, -0.05) is 41.5 Å². The van der Waals surface area contributed by atoms with Crippen molar-refractivity contribution in [1.29, 1.82) is 0 Å². The van der Waals surface area contributed by atoms with Gasteiger partial charge in [0.1, 0.15) is 0 Å². The minimum Gasteiger partial charge on any atom is -0.372 e. The first-order valence-electron chi connectivity index (χ1n) is 5.52. The van der Waals surface area contributed by atoms with Gasteiger partial charge in [-0.2, -0.15) is 0 Å². The van der Waals surface area contributed by atoms with Gasteiger partial charge in [-0.3, -0.25) is 0 Å². The summed E-state index contributed by atoms with van der Waals surface area (Å²) >= 11 is 0. The molecule has 0 aromatic heterocycles. The van der Waals surface area contributed by atoms with E-state index >= 15 is 0 Å². The molecule has 1 atom stereocenters. The van der Waals surface area contributed by atoms with E-state index in [0.717, 1.165) is 13.0 Å². The average Bonchev–Trinajstić information content (AvgIpc) is 2.27. The van der Waals surface area contributed by atoms with Gasteiger partial charge in [-0.05, 0) is 17.3 Å². The molecule has 0 spiro atoms. The zero-order chi connectivity index (χ0) is 11.2. The van der Waals surface area contributed by atoms with Crippen molar-refractivity contribution >= 4 is 0 Å². The lowest BCUT2D eigenvalue weighted by atomic mass is 9.59. The third-order valence-corrected chi connectivity index (χ3v) is 3.51. The van der Waals surface area contributed by atoms with Crippen molar-refractivity contribution in [2.75, 3.05) is 6.61 Å². The first kappa shape index (κ1) is 12.0. The summed E-state index contributed by atoms with van der Waals surface area (Å²) in [7, 11) is 0. The highest BCUT2D eigenvalue weighted by Gasteiger charge is 2.57. The molecule has 0 radical (unpaired) electrons. The number of hydrogen-bond acceptors (Lipinski definition) is 2. The second-order valence-corrected chi connectivity index (χ2v) is 6.48. The number of rotatable bonds is 0. The van der Waals surface area contributed by atoms with E-state index in [1.54, 1.807) is 0 Å². The first-order chi connectivity index (χ1) is 6.13. The van der Waals surface area contributed by atoms with E-state index in [9.17, 15) is 0 Å². The second kappa shape index (κ2) is 3.21. The van der Waals surface area contributed by atoms with Crippen molar-refractivity contribution in [3.05, 3.63) is 0 Å². The topological polar surface area (TPSA) is 35.2 Å². The molecular weight excluding hydrogens is 174 g/mol. The zero-order valence-corrected chi connectivity index (χ0v) is 10.5. The number of hydrogen-bond donors (Lipinski definition) is 1. The highest BCUT2D eigenvalue weighted by atomic mass is 16.5. The predicted octanol–water partition coefficient (Wildman–Crippen LogP) is 2.57. The molecule has 84 valence electrons. The summed E-state index contributed by atoms with van der Waals surface area (Å²) in [6, 6.07) is 0.155. The summed E-state index contributed by atoms with van der Waals surface area (Å²) in [5.41, 5.74) is 6.24. The first-order valence-corrected chi connectivity index (χ1v) is 5.52. The largest absolute Gasteiger partial charge is 0.372 e. The Labute approximate surface area is 88.2 Å². The van der Waals surface area contributed by atoms with E-state index in [2.05, 4.69) is 41.5 Å². The summed E-state index contributed by atoms with van der Waals surface area (Å²) in [5.74, 6) is 0. The van der Waals surface area contributed by atoms with Crippen molar-refractivity contribution in [2.24, 2.45) is 16.6 Å². The third kappa shape index (κ3) is 1.49. The molecule has 0 saturated carbocycles. The van der Waals surface area contributed by atoms with Crippen molar-refractivity contribution in [3.63, 3.8) is 0 Å². The van der Waals surface area contributed by atoms with Gasteiger partial charge in [0.15, 0.2) is 0 Å². The van der Waals surface area contributed by atoms with Gasteiger partial charge in [-0.15, -0.1) is 0 Å². The van der Waals surface area contributed by atoms with Crippen LogP contribution >= 0.6 is 0 Å². The van der Waals surface area contributed by atoms with Crippen LogP contribution in [0.4, 0.5) is 0 Å². The Morgan fingerprint density at radius 1 is 1.07 bits per heavy atom. The standard InChI is InChI=1S/C12H25NO/c1-10(2,3)12(11(4,5)6)9(13)7-8-14-12/h9H,7-8,13H2,1-6H3/t9-/m0/s1. The maximum Gasteiger partial charge on any atom is 0.0929 e. The molecule has 0 bridgehead atoms. The Morgan fingerprint density at radius 2 is 1.50 bits per heavy atom. The van der Waals surface area contributed by atoms with Gasteiger partial charge >= 0.3 is 0 Å². The summed E-state index contributed by atoms with van der Waals surface area (Å²) in [4.78, 5) is 0. The third-order valence-electron chi connectivity index (χ3n) is 3.51. The molecule has 0 aromatic rings. The van der Waals surface area contributed by atoms with Crippen molar-refractivity contribution in [2.45, 2.75) is 59.6 Å². The van der Waals surface area contributed by atoms with Crippen LogP contribution in [0.3, 0.4) is 0 Å². The van der Waals surface area contributed by atoms with Gasteiger partial charge in [-0.25, -0.2) is 0 Å². The summed E-state index contributed by atoms with van der Waals surface area (Å²) in [6.45, 7) is 14.2. The quantitative estimate of drug-likeness (QED) is 0.651. The van der Waals surface area contributed by atoms with Crippen LogP contribution in [0, 0.1) is 10.8 Å². The van der Waals surface area contributed by atoms with E-state index in [-0.39, 0.29) is 22.5 Å². The lowest BCUT2D eigenvalue weighted by Crippen LogP contribution is -2.62. The van der Waals surface area contributed by atoms with Gasteiger partial charge in [0, 0.05) is 12.6 Å². The van der Waals surface area contributed by atoms with E-state index < -0.39 is 0 Å². The molecule has 1 heterocycles. The molecule has 0 amide bonds. The van der Waals surface area contributed by atoms with E-state index in [0.29, 0.717) is 0 Å². The van der Waals surface area contributed by atoms with Crippen molar-refractivity contribution < 1.29 is 4.74 Å². The van der Waals surface area contributed by atoms with Gasteiger partial charge in [0.25, 0.3) is 0 Å². The van der Waals surface area contributed by atoms with E-state index in [1.807, 2.05) is 0 Å². The SMILES string of the molecule is CC(C)(C)C1(C(C)(C)C)OCC[C@@H]1N. The van der Waals surface area contributed by atoms with Gasteiger partial charge < -0.3 is 10.5 Å². The molecule has 2 N–H and O–H groups in total. The molecule has 1 fully saturated rings. The minimum absolute atomic E-state index is 0.0845. The maximum absolute atomic E-state index is 6.26. The molecule has 1 aliphatic heterocycles. The summed E-state index contributed by atoms with van der Waals surface area (Å²) in [6.07, 6.45) is 0.981. The second-order valence-electron chi connectivity index (χ2n) is 6.48. The van der Waals surface area contributed by atoms with Crippen LogP contribution < -0.4 is 5.73 Å². The monoisotopic (exact) mass is 199 g/mol. The fourth-order valence-corrected chi connectivity index (χ4v) is 3.33. The van der Waals surface area contributed by atoms with Crippen molar-refractivity contribution in [1.82, 2.24) is 0 Å². The normalized spacial score (nSPS) is 28.1. The van der Waals surface area contributed by atoms with Gasteiger partial charge in [0.2, 0.25) is 0 Å². The average molecular weight is 199 g/mol. The lowest BCUT2D eigenvalue weighted by Gasteiger charge is -2.52. The van der Waals surface area contributed by atoms with Crippen LogP contribution in [0.2, 0.25) is 0 Å². The Kier molecular flexibility index (Phi) is 2.75. The van der Waals surface area contributed by atoms with Crippen molar-refractivity contribution in [3.8, 4) is 0 Å². The molecule has 14 heavy (non-hydrogen) atoms. The fraction of sp³-hybridized carbons (Fsp3) is 1.00. The Hall–Kier alpha value is -0.0800. The molecule has 1 rings (SSSR count). The summed E-state index contributed by atoms with van der Waals surface area (Å²) in [5, 5.41) is 0. The van der Waals surface area contributed by atoms with Crippen LogP contribution in [0.25, 0.3) is 0 Å². The van der Waals surface area contributed by atoms with Crippen LogP contribution in [-0.4, -0.2) is 18.2 Å². The molecule has 1 aliphatic rings. The summed E-state index contributed by atoms with van der Waals surface area (Å²) < 4.78 is 6.06. The molecule has 2 nitrogen and oxygen atoms in total.